The first kappa shape index (κ1) is 16.4. The van der Waals surface area contributed by atoms with Crippen LogP contribution in [0.3, 0.4) is 0 Å². The van der Waals surface area contributed by atoms with E-state index in [9.17, 15) is 4.79 Å². The van der Waals surface area contributed by atoms with E-state index >= 15 is 0 Å². The van der Waals surface area contributed by atoms with Crippen molar-refractivity contribution in [3.05, 3.63) is 35.0 Å². The summed E-state index contributed by atoms with van der Waals surface area (Å²) in [5, 5.41) is 3.37. The van der Waals surface area contributed by atoms with Gasteiger partial charge < -0.3 is 25.0 Å². The molecule has 0 saturated carbocycles. The van der Waals surface area contributed by atoms with E-state index in [1.807, 2.05) is 13.0 Å². The Morgan fingerprint density at radius 2 is 2.00 bits per heavy atom. The number of rotatable bonds is 3. The number of piperazine rings is 1. The van der Waals surface area contributed by atoms with E-state index in [4.69, 9.17) is 0 Å². The lowest BCUT2D eigenvalue weighted by molar-refractivity contribution is 0.584. The number of aromatic nitrogens is 3. The molecule has 8 heteroatoms. The van der Waals surface area contributed by atoms with E-state index in [2.05, 4.69) is 46.8 Å². The van der Waals surface area contributed by atoms with Gasteiger partial charge in [0.2, 0.25) is 5.56 Å². The molecule has 4 rings (SSSR count). The molecule has 2 N–H and O–H groups in total. The highest BCUT2D eigenvalue weighted by Crippen LogP contribution is 2.43. The van der Waals surface area contributed by atoms with Crippen molar-refractivity contribution < 1.29 is 0 Å². The summed E-state index contributed by atoms with van der Waals surface area (Å²) >= 11 is 0. The second-order valence-corrected chi connectivity index (χ2v) is 6.21. The van der Waals surface area contributed by atoms with Gasteiger partial charge in [-0.15, -0.1) is 5.92 Å². The standard InChI is InChI=1S/C18H21N7O/c1-2-3-8-24-13-25(14-4-5-15(26)20-11-14)18-16(24)17(21-12-22-18)23-9-6-19-7-10-23/h4-5,11-12,19H,6-10,13H2,1H3,(H,20,26). The number of pyridine rings is 1. The Hall–Kier alpha value is -3.05. The number of aromatic amines is 1. The lowest BCUT2D eigenvalue weighted by atomic mass is 10.3. The van der Waals surface area contributed by atoms with Crippen molar-refractivity contribution in [2.24, 2.45) is 0 Å². The van der Waals surface area contributed by atoms with Crippen molar-refractivity contribution in [1.82, 2.24) is 20.3 Å². The van der Waals surface area contributed by atoms with Gasteiger partial charge in [0.15, 0.2) is 11.6 Å². The topological polar surface area (TPSA) is 80.4 Å². The summed E-state index contributed by atoms with van der Waals surface area (Å²) in [6, 6.07) is 3.34. The fourth-order valence-corrected chi connectivity index (χ4v) is 3.34. The van der Waals surface area contributed by atoms with E-state index in [1.54, 1.807) is 12.5 Å². The van der Waals surface area contributed by atoms with Gasteiger partial charge in [-0.2, -0.15) is 0 Å². The highest BCUT2D eigenvalue weighted by Gasteiger charge is 2.33. The third-order valence-corrected chi connectivity index (χ3v) is 4.61. The molecule has 2 aliphatic rings. The molecule has 0 amide bonds. The molecule has 0 bridgehead atoms. The minimum atomic E-state index is -0.119. The van der Waals surface area contributed by atoms with Crippen LogP contribution >= 0.6 is 0 Å². The first-order chi connectivity index (χ1) is 12.8. The Morgan fingerprint density at radius 3 is 2.73 bits per heavy atom. The maximum atomic E-state index is 11.4. The van der Waals surface area contributed by atoms with Gasteiger partial charge in [0.1, 0.15) is 12.0 Å². The smallest absolute Gasteiger partial charge is 0.248 e. The SMILES string of the molecule is CC#CCN1CN(c2ccc(=O)[nH]c2)c2ncnc(N3CCNCC3)c21. The van der Waals surface area contributed by atoms with Crippen molar-refractivity contribution in [1.29, 1.82) is 0 Å². The summed E-state index contributed by atoms with van der Waals surface area (Å²) in [6.07, 6.45) is 3.33. The van der Waals surface area contributed by atoms with Gasteiger partial charge >= 0.3 is 0 Å². The summed E-state index contributed by atoms with van der Waals surface area (Å²) in [5.41, 5.74) is 1.78. The van der Waals surface area contributed by atoms with Crippen LogP contribution in [0.1, 0.15) is 6.92 Å². The van der Waals surface area contributed by atoms with Crippen LogP contribution in [0.2, 0.25) is 0 Å². The average molecular weight is 351 g/mol. The predicted molar refractivity (Wildman–Crippen MR) is 102 cm³/mol. The molecule has 8 nitrogen and oxygen atoms in total. The highest BCUT2D eigenvalue weighted by molar-refractivity contribution is 5.87. The first-order valence-electron chi connectivity index (χ1n) is 8.69. The van der Waals surface area contributed by atoms with Crippen LogP contribution in [0.15, 0.2) is 29.5 Å². The number of nitrogens with zero attached hydrogens (tertiary/aromatic N) is 5. The Kier molecular flexibility index (Phi) is 4.46. The Bertz CT molecular complexity index is 887. The molecule has 4 heterocycles. The third-order valence-electron chi connectivity index (χ3n) is 4.61. The van der Waals surface area contributed by atoms with Gasteiger partial charge in [-0.25, -0.2) is 9.97 Å². The molecule has 0 atom stereocenters. The molecule has 0 aliphatic carbocycles. The molecule has 0 radical (unpaired) electrons. The number of anilines is 4. The second-order valence-electron chi connectivity index (χ2n) is 6.21. The number of hydrogen-bond acceptors (Lipinski definition) is 7. The Labute approximate surface area is 151 Å². The lowest BCUT2D eigenvalue weighted by Crippen LogP contribution is -2.44. The quantitative estimate of drug-likeness (QED) is 0.780. The van der Waals surface area contributed by atoms with E-state index in [0.717, 1.165) is 49.2 Å². The summed E-state index contributed by atoms with van der Waals surface area (Å²) in [4.78, 5) is 29.8. The number of H-pyrrole nitrogens is 1. The average Bonchev–Trinajstić information content (AvgIpc) is 3.06. The van der Waals surface area contributed by atoms with Crippen LogP contribution < -0.4 is 25.6 Å². The molecule has 2 aromatic rings. The maximum absolute atomic E-state index is 11.4. The van der Waals surface area contributed by atoms with Crippen LogP contribution in [0.5, 0.6) is 0 Å². The minimum absolute atomic E-state index is 0.119. The van der Waals surface area contributed by atoms with Crippen LogP contribution in [-0.4, -0.2) is 54.3 Å². The molecule has 0 spiro atoms. The van der Waals surface area contributed by atoms with Crippen LogP contribution in [-0.2, 0) is 0 Å². The van der Waals surface area contributed by atoms with Crippen LogP contribution in [0.25, 0.3) is 0 Å². The van der Waals surface area contributed by atoms with Gasteiger partial charge in [0.25, 0.3) is 0 Å². The number of hydrogen-bond donors (Lipinski definition) is 2. The predicted octanol–water partition coefficient (Wildman–Crippen LogP) is 0.513. The molecule has 1 fully saturated rings. The van der Waals surface area contributed by atoms with Gasteiger partial charge in [-0.1, -0.05) is 5.92 Å². The highest BCUT2D eigenvalue weighted by atomic mass is 16.1. The van der Waals surface area contributed by atoms with Crippen molar-refractivity contribution in [2.45, 2.75) is 6.92 Å². The van der Waals surface area contributed by atoms with E-state index in [-0.39, 0.29) is 5.56 Å². The minimum Gasteiger partial charge on any atom is -0.352 e. The summed E-state index contributed by atoms with van der Waals surface area (Å²) in [6.45, 7) is 6.78. The second kappa shape index (κ2) is 7.06. The number of nitrogens with one attached hydrogen (secondary N) is 2. The molecule has 2 aliphatic heterocycles. The Morgan fingerprint density at radius 1 is 1.19 bits per heavy atom. The molecule has 0 aromatic carbocycles. The molecule has 2 aromatic heterocycles. The monoisotopic (exact) mass is 351 g/mol. The molecule has 1 saturated heterocycles. The van der Waals surface area contributed by atoms with Crippen molar-refractivity contribution >= 4 is 23.0 Å². The summed E-state index contributed by atoms with van der Waals surface area (Å²) in [7, 11) is 0. The zero-order valence-corrected chi connectivity index (χ0v) is 14.7. The van der Waals surface area contributed by atoms with Gasteiger partial charge in [-0.05, 0) is 13.0 Å². The molecular formula is C18H21N7O. The van der Waals surface area contributed by atoms with Gasteiger partial charge in [-0.3, -0.25) is 4.79 Å². The zero-order valence-electron chi connectivity index (χ0n) is 14.7. The van der Waals surface area contributed by atoms with Gasteiger partial charge in [0, 0.05) is 38.4 Å². The Balaban J connectivity index is 1.77. The van der Waals surface area contributed by atoms with Crippen molar-refractivity contribution in [3.8, 4) is 11.8 Å². The molecular weight excluding hydrogens is 330 g/mol. The van der Waals surface area contributed by atoms with Crippen molar-refractivity contribution in [2.75, 3.05) is 54.1 Å². The summed E-state index contributed by atoms with van der Waals surface area (Å²) < 4.78 is 0. The summed E-state index contributed by atoms with van der Waals surface area (Å²) in [5.74, 6) is 7.90. The van der Waals surface area contributed by atoms with Crippen molar-refractivity contribution in [3.63, 3.8) is 0 Å². The third kappa shape index (κ3) is 2.97. The van der Waals surface area contributed by atoms with E-state index in [1.165, 1.54) is 6.07 Å². The molecule has 134 valence electrons. The van der Waals surface area contributed by atoms with E-state index < -0.39 is 0 Å². The first-order valence-corrected chi connectivity index (χ1v) is 8.69. The van der Waals surface area contributed by atoms with E-state index in [0.29, 0.717) is 13.2 Å². The zero-order chi connectivity index (χ0) is 17.9. The molecule has 0 unspecified atom stereocenters. The number of fused-ring (bicyclic) bond motifs is 1. The van der Waals surface area contributed by atoms with Gasteiger partial charge in [0.05, 0.1) is 18.9 Å². The largest absolute Gasteiger partial charge is 0.352 e. The fourth-order valence-electron chi connectivity index (χ4n) is 3.34. The normalized spacial score (nSPS) is 16.3. The maximum Gasteiger partial charge on any atom is 0.248 e. The van der Waals surface area contributed by atoms with Crippen LogP contribution in [0, 0.1) is 11.8 Å². The van der Waals surface area contributed by atoms with Crippen LogP contribution in [0.4, 0.5) is 23.0 Å². The fraction of sp³-hybridized carbons (Fsp3) is 0.389. The molecule has 26 heavy (non-hydrogen) atoms. The lowest BCUT2D eigenvalue weighted by Gasteiger charge is -2.30.